The van der Waals surface area contributed by atoms with Crippen LogP contribution in [-0.4, -0.2) is 56.5 Å². The first kappa shape index (κ1) is 24.1. The topological polar surface area (TPSA) is 93.1 Å². The van der Waals surface area contributed by atoms with Crippen LogP contribution >= 0.6 is 0 Å². The molecule has 0 aromatic carbocycles. The second-order valence-corrected chi connectivity index (χ2v) is 9.99. The molecule has 0 saturated carbocycles. The number of hydrogen-bond donors (Lipinski definition) is 1. The third kappa shape index (κ3) is 4.38. The van der Waals surface area contributed by atoms with Gasteiger partial charge in [0.1, 0.15) is 11.6 Å². The van der Waals surface area contributed by atoms with Crippen LogP contribution in [0.1, 0.15) is 53.9 Å². The van der Waals surface area contributed by atoms with Gasteiger partial charge in [-0.25, -0.2) is 24.3 Å². The molecule has 5 heterocycles. The summed E-state index contributed by atoms with van der Waals surface area (Å²) in [6, 6.07) is 5.61. The zero-order valence-electron chi connectivity index (χ0n) is 21.4. The fourth-order valence-electron chi connectivity index (χ4n) is 5.36. The number of halogens is 1. The van der Waals surface area contributed by atoms with Crippen LogP contribution in [0.3, 0.4) is 0 Å². The minimum absolute atomic E-state index is 0.0990. The Balaban J connectivity index is 1.34. The van der Waals surface area contributed by atoms with Crippen LogP contribution in [0, 0.1) is 26.6 Å². The number of amides is 1. The minimum Gasteiger partial charge on any atom is -0.481 e. The van der Waals surface area contributed by atoms with E-state index >= 15 is 0 Å². The molecule has 2 aliphatic rings. The Morgan fingerprint density at radius 1 is 1.14 bits per heavy atom. The van der Waals surface area contributed by atoms with Gasteiger partial charge in [0.25, 0.3) is 0 Å². The second kappa shape index (κ2) is 9.11. The minimum atomic E-state index is -0.631. The van der Waals surface area contributed by atoms with Gasteiger partial charge in [0.05, 0.1) is 30.5 Å². The number of aryl methyl sites for hydroxylation is 4. The molecule has 3 aromatic heterocycles. The van der Waals surface area contributed by atoms with Crippen molar-refractivity contribution in [3.8, 4) is 17.3 Å². The fourth-order valence-corrected chi connectivity index (χ4v) is 5.36. The third-order valence-corrected chi connectivity index (χ3v) is 7.34. The Labute approximate surface area is 210 Å². The predicted octanol–water partition coefficient (Wildman–Crippen LogP) is 4.14. The van der Waals surface area contributed by atoms with Gasteiger partial charge in [-0.2, -0.15) is 0 Å². The van der Waals surface area contributed by atoms with E-state index in [4.69, 9.17) is 9.72 Å². The maximum absolute atomic E-state index is 14.4. The van der Waals surface area contributed by atoms with E-state index in [0.29, 0.717) is 30.4 Å². The van der Waals surface area contributed by atoms with Crippen LogP contribution in [-0.2, 0) is 11.2 Å². The van der Waals surface area contributed by atoms with Crippen molar-refractivity contribution in [2.45, 2.75) is 58.4 Å². The van der Waals surface area contributed by atoms with Crippen molar-refractivity contribution < 1.29 is 13.9 Å². The Bertz CT molecular complexity index is 1330. The normalized spacial score (nSPS) is 19.7. The summed E-state index contributed by atoms with van der Waals surface area (Å²) in [5.74, 6) is 0.623. The van der Waals surface area contributed by atoms with Gasteiger partial charge in [0.2, 0.25) is 11.8 Å². The zero-order chi connectivity index (χ0) is 25.6. The van der Waals surface area contributed by atoms with Gasteiger partial charge in [-0.1, -0.05) is 0 Å². The Kier molecular flexibility index (Phi) is 6.10. The molecule has 9 heteroatoms. The quantitative estimate of drug-likeness (QED) is 0.588. The number of nitrogens with one attached hydrogen (secondary N) is 1. The van der Waals surface area contributed by atoms with Gasteiger partial charge in [0.15, 0.2) is 5.82 Å². The van der Waals surface area contributed by atoms with Crippen molar-refractivity contribution >= 4 is 11.7 Å². The maximum atomic E-state index is 14.4. The third-order valence-electron chi connectivity index (χ3n) is 7.34. The Morgan fingerprint density at radius 3 is 2.61 bits per heavy atom. The molecule has 5 rings (SSSR count). The number of ether oxygens (including phenoxy) is 1. The van der Waals surface area contributed by atoms with Crippen LogP contribution in [0.5, 0.6) is 5.88 Å². The predicted molar refractivity (Wildman–Crippen MR) is 135 cm³/mol. The van der Waals surface area contributed by atoms with Crippen molar-refractivity contribution in [1.29, 1.82) is 0 Å². The molecule has 0 unspecified atom stereocenters. The number of aromatic nitrogens is 4. The number of carbonyl (C=O) groups is 1. The van der Waals surface area contributed by atoms with Crippen LogP contribution in [0.4, 0.5) is 10.2 Å². The standard InChI is InChI=1S/C27H31FN6O2/c1-15-10-16(2)31-25(30-15)21-11-19-6-7-27(33-24(19)32-18(21)4)8-9-34(14-27)26(35)17(3)20-12-23(36-5)29-13-22(20)28/h10-13,17H,6-9,14H2,1-5H3,(H,32,33)/t17-,27+/m1/s1. The highest BCUT2D eigenvalue weighted by atomic mass is 19.1. The van der Waals surface area contributed by atoms with Gasteiger partial charge in [-0.3, -0.25) is 4.79 Å². The number of carbonyl (C=O) groups excluding carboxylic acids is 1. The van der Waals surface area contributed by atoms with Gasteiger partial charge < -0.3 is 15.0 Å². The van der Waals surface area contributed by atoms with E-state index in [9.17, 15) is 9.18 Å². The van der Waals surface area contributed by atoms with Crippen molar-refractivity contribution in [1.82, 2.24) is 24.8 Å². The molecule has 1 saturated heterocycles. The molecule has 0 radical (unpaired) electrons. The van der Waals surface area contributed by atoms with Gasteiger partial charge in [0, 0.05) is 41.7 Å². The number of pyridine rings is 2. The molecule has 36 heavy (non-hydrogen) atoms. The highest BCUT2D eigenvalue weighted by Crippen LogP contribution is 2.39. The summed E-state index contributed by atoms with van der Waals surface area (Å²) < 4.78 is 19.6. The van der Waals surface area contributed by atoms with Gasteiger partial charge in [-0.05, 0) is 64.7 Å². The lowest BCUT2D eigenvalue weighted by Gasteiger charge is -2.36. The molecule has 0 bridgehead atoms. The van der Waals surface area contributed by atoms with Crippen molar-refractivity contribution in [3.63, 3.8) is 0 Å². The smallest absolute Gasteiger partial charge is 0.230 e. The Hall–Kier alpha value is -3.62. The summed E-state index contributed by atoms with van der Waals surface area (Å²) in [5.41, 5.74) is 4.87. The number of hydrogen-bond acceptors (Lipinski definition) is 7. The lowest BCUT2D eigenvalue weighted by Crippen LogP contribution is -2.46. The van der Waals surface area contributed by atoms with E-state index in [2.05, 4.69) is 26.3 Å². The molecule has 1 amide bonds. The van der Waals surface area contributed by atoms with Crippen molar-refractivity contribution in [2.24, 2.45) is 0 Å². The van der Waals surface area contributed by atoms with E-state index in [1.165, 1.54) is 13.2 Å². The summed E-state index contributed by atoms with van der Waals surface area (Å²) in [6.45, 7) is 8.82. The molecule has 188 valence electrons. The lowest BCUT2D eigenvalue weighted by atomic mass is 9.86. The van der Waals surface area contributed by atoms with Crippen LogP contribution < -0.4 is 10.1 Å². The average Bonchev–Trinajstić information content (AvgIpc) is 3.25. The van der Waals surface area contributed by atoms with E-state index in [1.54, 1.807) is 6.92 Å². The first-order valence-corrected chi connectivity index (χ1v) is 12.3. The summed E-state index contributed by atoms with van der Waals surface area (Å²) >= 11 is 0. The van der Waals surface area contributed by atoms with Crippen molar-refractivity contribution in [3.05, 3.63) is 58.4 Å². The molecular formula is C27H31FN6O2. The van der Waals surface area contributed by atoms with Gasteiger partial charge >= 0.3 is 0 Å². The first-order valence-electron chi connectivity index (χ1n) is 12.3. The summed E-state index contributed by atoms with van der Waals surface area (Å²) in [5, 5.41) is 3.66. The number of nitrogens with zero attached hydrogens (tertiary/aromatic N) is 5. The number of likely N-dealkylation sites (tertiary alicyclic amines) is 1. The lowest BCUT2D eigenvalue weighted by molar-refractivity contribution is -0.131. The molecule has 2 atom stereocenters. The van der Waals surface area contributed by atoms with Crippen LogP contribution in [0.2, 0.25) is 0 Å². The molecule has 1 N–H and O–H groups in total. The highest BCUT2D eigenvalue weighted by molar-refractivity contribution is 5.84. The zero-order valence-corrected chi connectivity index (χ0v) is 21.4. The molecule has 0 aliphatic carbocycles. The molecule has 1 fully saturated rings. The molecule has 1 spiro atoms. The summed E-state index contributed by atoms with van der Waals surface area (Å²) in [7, 11) is 1.47. The molecule has 3 aromatic rings. The largest absolute Gasteiger partial charge is 0.481 e. The summed E-state index contributed by atoms with van der Waals surface area (Å²) in [6.07, 6.45) is 3.65. The monoisotopic (exact) mass is 490 g/mol. The van der Waals surface area contributed by atoms with Crippen LogP contribution in [0.25, 0.3) is 11.4 Å². The number of methoxy groups -OCH3 is 1. The SMILES string of the molecule is COc1cc([C@@H](C)C(=O)N2CC[C@@]3(CCc4cc(-c5nc(C)cc(C)n5)c(C)nc4N3)C2)c(F)cn1. The average molecular weight is 491 g/mol. The maximum Gasteiger partial charge on any atom is 0.230 e. The van der Waals surface area contributed by atoms with E-state index < -0.39 is 11.7 Å². The van der Waals surface area contributed by atoms with Crippen molar-refractivity contribution in [2.75, 3.05) is 25.5 Å². The number of rotatable bonds is 4. The highest BCUT2D eigenvalue weighted by Gasteiger charge is 2.43. The van der Waals surface area contributed by atoms with Crippen LogP contribution in [0.15, 0.2) is 24.4 Å². The Morgan fingerprint density at radius 2 is 1.89 bits per heavy atom. The van der Waals surface area contributed by atoms with Gasteiger partial charge in [-0.15, -0.1) is 0 Å². The summed E-state index contributed by atoms with van der Waals surface area (Å²) in [4.78, 5) is 33.2. The molecule has 8 nitrogen and oxygen atoms in total. The number of anilines is 1. The van der Waals surface area contributed by atoms with E-state index in [-0.39, 0.29) is 11.4 Å². The fraction of sp³-hybridized carbons (Fsp3) is 0.444. The first-order chi connectivity index (χ1) is 17.2. The van der Waals surface area contributed by atoms with E-state index in [0.717, 1.165) is 59.5 Å². The van der Waals surface area contributed by atoms with E-state index in [1.807, 2.05) is 31.7 Å². The second-order valence-electron chi connectivity index (χ2n) is 9.99. The molecule has 2 aliphatic heterocycles. The number of fused-ring (bicyclic) bond motifs is 1. The molecular weight excluding hydrogens is 459 g/mol.